The van der Waals surface area contributed by atoms with Crippen molar-refractivity contribution in [2.24, 2.45) is 7.05 Å². The van der Waals surface area contributed by atoms with Crippen molar-refractivity contribution in [1.82, 2.24) is 29.5 Å². The van der Waals surface area contributed by atoms with Crippen LogP contribution in [0.2, 0.25) is 0 Å². The Morgan fingerprint density at radius 2 is 2.25 bits per heavy atom. The predicted molar refractivity (Wildman–Crippen MR) is 99.5 cm³/mol. The Kier molecular flexibility index (Phi) is 4.09. The first-order chi connectivity index (χ1) is 13.7. The normalized spacial score (nSPS) is 16.9. The van der Waals surface area contributed by atoms with Crippen molar-refractivity contribution in [2.45, 2.75) is 25.9 Å². The molecule has 9 nitrogen and oxygen atoms in total. The van der Waals surface area contributed by atoms with E-state index < -0.39 is 0 Å². The van der Waals surface area contributed by atoms with Crippen LogP contribution in [0.15, 0.2) is 35.2 Å². The first-order valence-corrected chi connectivity index (χ1v) is 9.19. The third kappa shape index (κ3) is 3.13. The fraction of sp³-hybridized carbons (Fsp3) is 0.368. The molecule has 1 aliphatic rings. The first-order valence-electron chi connectivity index (χ1n) is 9.19. The minimum atomic E-state index is -0.0178. The number of aromatic nitrogens is 6. The fourth-order valence-electron chi connectivity index (χ4n) is 3.39. The van der Waals surface area contributed by atoms with Crippen LogP contribution in [0.25, 0.3) is 16.7 Å². The lowest BCUT2D eigenvalue weighted by atomic mass is 10.3. The molecule has 0 aromatic carbocycles. The van der Waals surface area contributed by atoms with Crippen molar-refractivity contribution in [1.29, 1.82) is 0 Å². The van der Waals surface area contributed by atoms with E-state index in [2.05, 4.69) is 10.3 Å². The molecule has 0 unspecified atom stereocenters. The molecule has 1 aliphatic heterocycles. The van der Waals surface area contributed by atoms with Gasteiger partial charge in [-0.1, -0.05) is 5.16 Å². The van der Waals surface area contributed by atoms with Crippen molar-refractivity contribution < 1.29 is 14.0 Å². The number of ether oxygens (including phenoxy) is 2. The molecule has 0 bridgehead atoms. The lowest BCUT2D eigenvalue weighted by Crippen LogP contribution is -2.18. The standard InChI is InChI=1S/C19H20N6O3/c1-12-7-15(28-23-12)8-17-21-16-3-5-25(13-9-20-24(2)10-13)18(16)19(22-17)27-14-4-6-26-11-14/h3,5,7,9-10,14H,4,6,8,11H2,1-2H3/t14-/m0/s1. The second kappa shape index (κ2) is 6.75. The molecule has 5 heterocycles. The molecule has 5 rings (SSSR count). The zero-order valence-corrected chi connectivity index (χ0v) is 15.7. The summed E-state index contributed by atoms with van der Waals surface area (Å²) in [7, 11) is 1.89. The van der Waals surface area contributed by atoms with E-state index in [1.807, 2.05) is 43.1 Å². The Balaban J connectivity index is 1.59. The van der Waals surface area contributed by atoms with Gasteiger partial charge in [0.2, 0.25) is 5.88 Å². The largest absolute Gasteiger partial charge is 0.470 e. The van der Waals surface area contributed by atoms with Gasteiger partial charge in [0.1, 0.15) is 23.2 Å². The number of rotatable bonds is 5. The van der Waals surface area contributed by atoms with Crippen LogP contribution in [-0.4, -0.2) is 48.8 Å². The lowest BCUT2D eigenvalue weighted by Gasteiger charge is -2.14. The number of hydrogen-bond donors (Lipinski definition) is 0. The van der Waals surface area contributed by atoms with E-state index in [1.165, 1.54) is 0 Å². The highest BCUT2D eigenvalue weighted by Crippen LogP contribution is 2.29. The minimum absolute atomic E-state index is 0.0178. The summed E-state index contributed by atoms with van der Waals surface area (Å²) in [5.74, 6) is 1.89. The van der Waals surface area contributed by atoms with E-state index in [-0.39, 0.29) is 6.10 Å². The quantitative estimate of drug-likeness (QED) is 0.524. The molecule has 4 aromatic heterocycles. The van der Waals surface area contributed by atoms with Crippen molar-refractivity contribution in [3.05, 3.63) is 48.0 Å². The summed E-state index contributed by atoms with van der Waals surface area (Å²) in [6.07, 6.45) is 6.97. The van der Waals surface area contributed by atoms with Gasteiger partial charge in [-0.3, -0.25) is 4.68 Å². The highest BCUT2D eigenvalue weighted by molar-refractivity contribution is 5.82. The van der Waals surface area contributed by atoms with E-state index in [9.17, 15) is 0 Å². The summed E-state index contributed by atoms with van der Waals surface area (Å²) >= 11 is 0. The van der Waals surface area contributed by atoms with Gasteiger partial charge in [0, 0.05) is 31.9 Å². The second-order valence-corrected chi connectivity index (χ2v) is 6.95. The third-order valence-electron chi connectivity index (χ3n) is 4.69. The van der Waals surface area contributed by atoms with Crippen molar-refractivity contribution in [3.63, 3.8) is 0 Å². The van der Waals surface area contributed by atoms with Crippen LogP contribution < -0.4 is 4.74 Å². The van der Waals surface area contributed by atoms with Gasteiger partial charge in [-0.2, -0.15) is 10.1 Å². The van der Waals surface area contributed by atoms with Crippen LogP contribution in [0.5, 0.6) is 5.88 Å². The third-order valence-corrected chi connectivity index (χ3v) is 4.69. The molecular formula is C19H20N6O3. The molecule has 4 aromatic rings. The Labute approximate surface area is 160 Å². The molecule has 144 valence electrons. The smallest absolute Gasteiger partial charge is 0.242 e. The zero-order chi connectivity index (χ0) is 19.1. The molecule has 0 saturated carbocycles. The fourth-order valence-corrected chi connectivity index (χ4v) is 3.39. The van der Waals surface area contributed by atoms with Gasteiger partial charge in [-0.15, -0.1) is 0 Å². The van der Waals surface area contributed by atoms with E-state index in [0.29, 0.717) is 31.3 Å². The van der Waals surface area contributed by atoms with E-state index >= 15 is 0 Å². The summed E-state index contributed by atoms with van der Waals surface area (Å²) in [5.41, 5.74) is 3.38. The van der Waals surface area contributed by atoms with E-state index in [1.54, 1.807) is 10.9 Å². The topological polar surface area (TPSA) is 93.0 Å². The average molecular weight is 380 g/mol. The van der Waals surface area contributed by atoms with Crippen LogP contribution in [0.1, 0.15) is 23.7 Å². The van der Waals surface area contributed by atoms with Crippen molar-refractivity contribution >= 4 is 11.0 Å². The summed E-state index contributed by atoms with van der Waals surface area (Å²) < 4.78 is 20.8. The number of nitrogens with zero attached hydrogens (tertiary/aromatic N) is 6. The van der Waals surface area contributed by atoms with Crippen LogP contribution >= 0.6 is 0 Å². The molecule has 1 saturated heterocycles. The SMILES string of the molecule is Cc1cc(Cc2nc(O[C@H]3CCOC3)c3c(ccn3-c3cnn(C)c3)n2)on1. The number of fused-ring (bicyclic) bond motifs is 1. The molecular weight excluding hydrogens is 360 g/mol. The van der Waals surface area contributed by atoms with Gasteiger partial charge in [0.05, 0.1) is 42.7 Å². The van der Waals surface area contributed by atoms with Gasteiger partial charge >= 0.3 is 0 Å². The lowest BCUT2D eigenvalue weighted by molar-refractivity contribution is 0.139. The Hall–Kier alpha value is -3.20. The second-order valence-electron chi connectivity index (χ2n) is 6.95. The van der Waals surface area contributed by atoms with Crippen LogP contribution in [-0.2, 0) is 18.2 Å². The predicted octanol–water partition coefficient (Wildman–Crippen LogP) is 2.21. The molecule has 9 heteroatoms. The minimum Gasteiger partial charge on any atom is -0.470 e. The number of aryl methyl sites for hydroxylation is 2. The molecule has 0 N–H and O–H groups in total. The summed E-state index contributed by atoms with van der Waals surface area (Å²) in [6, 6.07) is 3.84. The molecule has 0 aliphatic carbocycles. The highest BCUT2D eigenvalue weighted by Gasteiger charge is 2.22. The summed E-state index contributed by atoms with van der Waals surface area (Å²) in [4.78, 5) is 9.42. The van der Waals surface area contributed by atoms with Gasteiger partial charge in [-0.05, 0) is 13.0 Å². The molecule has 1 atom stereocenters. The number of hydrogen-bond acceptors (Lipinski definition) is 7. The molecule has 28 heavy (non-hydrogen) atoms. The maximum atomic E-state index is 6.23. The van der Waals surface area contributed by atoms with Crippen LogP contribution in [0.3, 0.4) is 0 Å². The molecule has 1 fully saturated rings. The Morgan fingerprint density at radius 3 is 2.96 bits per heavy atom. The Morgan fingerprint density at radius 1 is 1.32 bits per heavy atom. The van der Waals surface area contributed by atoms with Gasteiger partial charge in [0.15, 0.2) is 0 Å². The maximum absolute atomic E-state index is 6.23. The Bertz CT molecular complexity index is 1120. The van der Waals surface area contributed by atoms with E-state index in [0.717, 1.165) is 34.6 Å². The van der Waals surface area contributed by atoms with Crippen LogP contribution in [0, 0.1) is 6.92 Å². The van der Waals surface area contributed by atoms with Crippen LogP contribution in [0.4, 0.5) is 0 Å². The van der Waals surface area contributed by atoms with Gasteiger partial charge < -0.3 is 18.6 Å². The maximum Gasteiger partial charge on any atom is 0.242 e. The summed E-state index contributed by atoms with van der Waals surface area (Å²) in [6.45, 7) is 3.15. The highest BCUT2D eigenvalue weighted by atomic mass is 16.5. The van der Waals surface area contributed by atoms with Gasteiger partial charge in [-0.25, -0.2) is 4.98 Å². The van der Waals surface area contributed by atoms with Crippen molar-refractivity contribution in [3.8, 4) is 11.6 Å². The van der Waals surface area contributed by atoms with E-state index in [4.69, 9.17) is 24.0 Å². The molecule has 0 amide bonds. The average Bonchev–Trinajstić information content (AvgIpc) is 3.43. The van der Waals surface area contributed by atoms with Crippen molar-refractivity contribution in [2.75, 3.05) is 13.2 Å². The molecule has 0 radical (unpaired) electrons. The first kappa shape index (κ1) is 16.9. The zero-order valence-electron chi connectivity index (χ0n) is 15.7. The monoisotopic (exact) mass is 380 g/mol. The van der Waals surface area contributed by atoms with Gasteiger partial charge in [0.25, 0.3) is 0 Å². The molecule has 0 spiro atoms. The summed E-state index contributed by atoms with van der Waals surface area (Å²) in [5, 5.41) is 8.20.